The number of hydrogen-bond acceptors (Lipinski definition) is 6. The van der Waals surface area contributed by atoms with Gasteiger partial charge in [0, 0.05) is 12.7 Å². The first kappa shape index (κ1) is 24.8. The summed E-state index contributed by atoms with van der Waals surface area (Å²) in [6.07, 6.45) is 2.17. The first-order valence-electron chi connectivity index (χ1n) is 11.3. The topological polar surface area (TPSA) is 108 Å². The fourth-order valence-corrected chi connectivity index (χ4v) is 4.72. The zero-order chi connectivity index (χ0) is 25.5. The van der Waals surface area contributed by atoms with Gasteiger partial charge >= 0.3 is 0 Å². The molecule has 2 N–H and O–H groups in total. The van der Waals surface area contributed by atoms with Gasteiger partial charge in [-0.05, 0) is 42.7 Å². The van der Waals surface area contributed by atoms with Crippen LogP contribution in [0.3, 0.4) is 0 Å². The van der Waals surface area contributed by atoms with Crippen molar-refractivity contribution in [3.8, 4) is 17.4 Å². The Kier molecular flexibility index (Phi) is 7.83. The summed E-state index contributed by atoms with van der Waals surface area (Å²) in [4.78, 5) is 30.0. The maximum absolute atomic E-state index is 12.9. The molecule has 2 amide bonds. The molecule has 2 aromatic heterocycles. The lowest BCUT2D eigenvalue weighted by Crippen LogP contribution is -2.22. The van der Waals surface area contributed by atoms with Crippen LogP contribution in [0.4, 0.5) is 5.69 Å². The Morgan fingerprint density at radius 2 is 1.81 bits per heavy atom. The first-order valence-corrected chi connectivity index (χ1v) is 12.3. The summed E-state index contributed by atoms with van der Waals surface area (Å²) in [5.41, 5.74) is 4.16. The monoisotopic (exact) mass is 496 g/mol. The second-order valence-corrected chi connectivity index (χ2v) is 8.92. The van der Waals surface area contributed by atoms with E-state index >= 15 is 0 Å². The average molecular weight is 497 g/mol. The summed E-state index contributed by atoms with van der Waals surface area (Å²) in [7, 11) is 1.52. The second kappa shape index (κ2) is 11.4. The van der Waals surface area contributed by atoms with Crippen LogP contribution in [0, 0.1) is 18.3 Å². The molecule has 2 heterocycles. The minimum Gasteiger partial charge on any atom is -0.464 e. The van der Waals surface area contributed by atoms with Crippen LogP contribution >= 0.6 is 11.8 Å². The molecule has 0 aliphatic heterocycles. The maximum atomic E-state index is 12.9. The molecule has 180 valence electrons. The van der Waals surface area contributed by atoms with Crippen LogP contribution < -0.4 is 10.6 Å². The summed E-state index contributed by atoms with van der Waals surface area (Å²) < 4.78 is 5.53. The number of rotatable bonds is 8. The summed E-state index contributed by atoms with van der Waals surface area (Å²) in [5, 5.41) is 15.9. The molecule has 0 aliphatic rings. The third-order valence-corrected chi connectivity index (χ3v) is 6.52. The minimum absolute atomic E-state index is 0.0394. The number of furan rings is 1. The van der Waals surface area contributed by atoms with E-state index in [2.05, 4.69) is 21.7 Å². The molecular formula is C28H24N4O3S. The molecule has 0 saturated carbocycles. The Bertz CT molecular complexity index is 1430. The van der Waals surface area contributed by atoms with Crippen molar-refractivity contribution in [2.24, 2.45) is 0 Å². The largest absolute Gasteiger partial charge is 0.464 e. The molecular weight excluding hydrogens is 472 g/mol. The van der Waals surface area contributed by atoms with Crippen LogP contribution in [0.25, 0.3) is 11.3 Å². The van der Waals surface area contributed by atoms with E-state index in [9.17, 15) is 14.9 Å². The van der Waals surface area contributed by atoms with Crippen LogP contribution in [0.1, 0.15) is 32.7 Å². The van der Waals surface area contributed by atoms with Gasteiger partial charge in [0.25, 0.3) is 5.91 Å². The van der Waals surface area contributed by atoms with E-state index in [0.29, 0.717) is 28.5 Å². The number of anilines is 1. The van der Waals surface area contributed by atoms with Gasteiger partial charge in [0.05, 0.1) is 34.4 Å². The lowest BCUT2D eigenvalue weighted by molar-refractivity contribution is -0.113. The highest BCUT2D eigenvalue weighted by atomic mass is 32.2. The van der Waals surface area contributed by atoms with Crippen molar-refractivity contribution in [2.45, 2.75) is 18.4 Å². The molecule has 8 heteroatoms. The number of benzene rings is 2. The Morgan fingerprint density at radius 1 is 1.06 bits per heavy atom. The Morgan fingerprint density at radius 3 is 2.50 bits per heavy atom. The van der Waals surface area contributed by atoms with Crippen LogP contribution in [-0.2, 0) is 11.2 Å². The fraction of sp³-hybridized carbons (Fsp3) is 0.143. The summed E-state index contributed by atoms with van der Waals surface area (Å²) >= 11 is 1.14. The number of aryl methyl sites for hydroxylation is 1. The molecule has 0 saturated heterocycles. The number of aromatic nitrogens is 1. The number of amides is 2. The smallest absolute Gasteiger partial charge is 0.253 e. The Hall–Kier alpha value is -4.35. The van der Waals surface area contributed by atoms with Crippen molar-refractivity contribution in [1.82, 2.24) is 10.3 Å². The summed E-state index contributed by atoms with van der Waals surface area (Å²) in [6, 6.07) is 23.2. The molecule has 0 fully saturated rings. The van der Waals surface area contributed by atoms with Crippen LogP contribution in [0.2, 0.25) is 0 Å². The van der Waals surface area contributed by atoms with Crippen molar-refractivity contribution < 1.29 is 14.0 Å². The van der Waals surface area contributed by atoms with Crippen molar-refractivity contribution in [1.29, 1.82) is 5.26 Å². The minimum atomic E-state index is -0.368. The average Bonchev–Trinajstić information content (AvgIpc) is 3.43. The number of nitrogens with one attached hydrogen (secondary N) is 2. The molecule has 36 heavy (non-hydrogen) atoms. The molecule has 0 radical (unpaired) electrons. The van der Waals surface area contributed by atoms with Crippen LogP contribution in [0.5, 0.6) is 0 Å². The van der Waals surface area contributed by atoms with Gasteiger partial charge in [-0.25, -0.2) is 4.98 Å². The van der Waals surface area contributed by atoms with Crippen LogP contribution in [0.15, 0.2) is 82.4 Å². The number of hydrogen-bond donors (Lipinski definition) is 2. The number of carbonyl (C=O) groups is 2. The second-order valence-electron chi connectivity index (χ2n) is 7.95. The highest BCUT2D eigenvalue weighted by Gasteiger charge is 2.25. The molecule has 0 spiro atoms. The predicted molar refractivity (Wildman–Crippen MR) is 140 cm³/mol. The predicted octanol–water partition coefficient (Wildman–Crippen LogP) is 5.20. The van der Waals surface area contributed by atoms with E-state index < -0.39 is 0 Å². The third kappa shape index (κ3) is 5.48. The zero-order valence-electron chi connectivity index (χ0n) is 19.9. The molecule has 2 aromatic carbocycles. The Balaban J connectivity index is 1.57. The molecule has 0 bridgehead atoms. The van der Waals surface area contributed by atoms with Gasteiger partial charge in [-0.1, -0.05) is 60.3 Å². The normalized spacial score (nSPS) is 10.5. The molecule has 0 aliphatic carbocycles. The van der Waals surface area contributed by atoms with Crippen molar-refractivity contribution in [3.05, 3.63) is 101 Å². The highest BCUT2D eigenvalue weighted by Crippen LogP contribution is 2.35. The SMILES string of the molecule is CNC(=O)c1c(C)nc(SCC(=O)Nc2ccccc2Cc2ccccc2)c(C#N)c1-c1ccco1. The third-order valence-electron chi connectivity index (χ3n) is 5.55. The number of nitriles is 1. The van der Waals surface area contributed by atoms with Crippen molar-refractivity contribution in [3.63, 3.8) is 0 Å². The van der Waals surface area contributed by atoms with Gasteiger partial charge in [0.2, 0.25) is 5.91 Å². The molecule has 4 aromatic rings. The molecule has 0 atom stereocenters. The zero-order valence-corrected chi connectivity index (χ0v) is 20.7. The van der Waals surface area contributed by atoms with Gasteiger partial charge < -0.3 is 15.1 Å². The lowest BCUT2D eigenvalue weighted by Gasteiger charge is -2.15. The first-order chi connectivity index (χ1) is 17.5. The fourth-order valence-electron chi connectivity index (χ4n) is 3.89. The standard InChI is InChI=1S/C28H24N4O3S/c1-18-25(27(34)30-2)26(23-13-8-14-35-23)21(16-29)28(31-18)36-17-24(33)32-22-12-7-6-11-20(22)15-19-9-4-3-5-10-19/h3-14H,15,17H2,1-2H3,(H,30,34)(H,32,33). The summed E-state index contributed by atoms with van der Waals surface area (Å²) in [5.74, 6) is -0.166. The van der Waals surface area contributed by atoms with E-state index in [0.717, 1.165) is 28.6 Å². The van der Waals surface area contributed by atoms with E-state index in [-0.39, 0.29) is 28.7 Å². The van der Waals surface area contributed by atoms with E-state index in [1.165, 1.54) is 13.3 Å². The van der Waals surface area contributed by atoms with Crippen LogP contribution in [-0.4, -0.2) is 29.6 Å². The van der Waals surface area contributed by atoms with E-state index in [1.807, 2.05) is 54.6 Å². The van der Waals surface area contributed by atoms with Gasteiger partial charge in [-0.3, -0.25) is 9.59 Å². The lowest BCUT2D eigenvalue weighted by atomic mass is 9.99. The van der Waals surface area contributed by atoms with E-state index in [4.69, 9.17) is 4.42 Å². The number of carbonyl (C=O) groups excluding carboxylic acids is 2. The number of thioether (sulfide) groups is 1. The molecule has 7 nitrogen and oxygen atoms in total. The Labute approximate surface area is 213 Å². The highest BCUT2D eigenvalue weighted by molar-refractivity contribution is 8.00. The quantitative estimate of drug-likeness (QED) is 0.325. The van der Waals surface area contributed by atoms with Crippen molar-refractivity contribution >= 4 is 29.3 Å². The number of para-hydroxylation sites is 1. The van der Waals surface area contributed by atoms with Crippen molar-refractivity contribution in [2.75, 3.05) is 18.1 Å². The molecule has 4 rings (SSSR count). The van der Waals surface area contributed by atoms with Gasteiger partial charge in [0.15, 0.2) is 0 Å². The van der Waals surface area contributed by atoms with Gasteiger partial charge in [-0.2, -0.15) is 5.26 Å². The summed E-state index contributed by atoms with van der Waals surface area (Å²) in [6.45, 7) is 1.70. The van der Waals surface area contributed by atoms with Gasteiger partial charge in [0.1, 0.15) is 16.9 Å². The number of nitrogens with zero attached hydrogens (tertiary/aromatic N) is 2. The number of pyridine rings is 1. The van der Waals surface area contributed by atoms with Gasteiger partial charge in [-0.15, -0.1) is 0 Å². The van der Waals surface area contributed by atoms with E-state index in [1.54, 1.807) is 19.1 Å². The maximum Gasteiger partial charge on any atom is 0.253 e. The molecule has 0 unspecified atom stereocenters.